The molecule has 0 aliphatic rings. The van der Waals surface area contributed by atoms with Gasteiger partial charge in [-0.2, -0.15) is 0 Å². The molecule has 0 heterocycles. The first kappa shape index (κ1) is 13.0. The largest absolute Gasteiger partial charge is 0.496 e. The second-order valence-electron chi connectivity index (χ2n) is 3.50. The van der Waals surface area contributed by atoms with Crippen molar-refractivity contribution >= 4 is 17.9 Å². The molecule has 1 aromatic carbocycles. The van der Waals surface area contributed by atoms with Gasteiger partial charge in [0.25, 0.3) is 0 Å². The molecular weight excluding hydrogens is 222 g/mol. The van der Waals surface area contributed by atoms with Gasteiger partial charge in [-0.25, -0.2) is 0 Å². The van der Waals surface area contributed by atoms with Crippen molar-refractivity contribution in [1.29, 1.82) is 0 Å². The molecule has 0 spiro atoms. The number of aldehydes is 1. The Kier molecular flexibility index (Phi) is 4.09. The quantitative estimate of drug-likeness (QED) is 0.811. The molecule has 5 heteroatoms. The van der Waals surface area contributed by atoms with Gasteiger partial charge in [0.05, 0.1) is 25.5 Å². The van der Waals surface area contributed by atoms with E-state index in [-0.39, 0.29) is 5.91 Å². The lowest BCUT2D eigenvalue weighted by Gasteiger charge is -2.16. The Hall–Kier alpha value is -2.04. The average molecular weight is 237 g/mol. The molecule has 1 N–H and O–H groups in total. The van der Waals surface area contributed by atoms with E-state index in [1.54, 1.807) is 13.0 Å². The van der Waals surface area contributed by atoms with E-state index in [0.717, 1.165) is 0 Å². The molecule has 0 saturated carbocycles. The van der Waals surface area contributed by atoms with Crippen LogP contribution in [0.25, 0.3) is 0 Å². The monoisotopic (exact) mass is 237 g/mol. The van der Waals surface area contributed by atoms with Gasteiger partial charge in [0, 0.05) is 12.5 Å². The Labute approximate surface area is 99.7 Å². The van der Waals surface area contributed by atoms with Crippen molar-refractivity contribution in [2.24, 2.45) is 0 Å². The summed E-state index contributed by atoms with van der Waals surface area (Å²) in [7, 11) is 2.94. The molecule has 0 aliphatic heterocycles. The zero-order chi connectivity index (χ0) is 13.0. The van der Waals surface area contributed by atoms with Gasteiger partial charge in [0.2, 0.25) is 5.91 Å². The summed E-state index contributed by atoms with van der Waals surface area (Å²) in [5.41, 5.74) is 1.50. The van der Waals surface area contributed by atoms with Crippen molar-refractivity contribution in [1.82, 2.24) is 0 Å². The number of carbonyl (C=O) groups excluding carboxylic acids is 2. The summed E-state index contributed by atoms with van der Waals surface area (Å²) in [6.07, 6.45) is 0.659. The van der Waals surface area contributed by atoms with Crippen LogP contribution >= 0.6 is 0 Å². The molecule has 92 valence electrons. The molecule has 0 unspecified atom stereocenters. The van der Waals surface area contributed by atoms with E-state index in [1.807, 2.05) is 0 Å². The highest BCUT2D eigenvalue weighted by atomic mass is 16.5. The third-order valence-electron chi connectivity index (χ3n) is 2.37. The first-order chi connectivity index (χ1) is 8.04. The van der Waals surface area contributed by atoms with Crippen molar-refractivity contribution < 1.29 is 19.1 Å². The molecule has 1 amide bonds. The van der Waals surface area contributed by atoms with Crippen molar-refractivity contribution in [3.8, 4) is 11.5 Å². The van der Waals surface area contributed by atoms with Gasteiger partial charge in [-0.05, 0) is 13.0 Å². The minimum atomic E-state index is -0.239. The van der Waals surface area contributed by atoms with Gasteiger partial charge < -0.3 is 14.8 Å². The molecule has 0 fully saturated rings. The number of methoxy groups -OCH3 is 2. The standard InChI is InChI=1S/C12H15NO4/c1-7-10(16-3)5-9(6-14)12(17-4)11(7)13-8(2)15/h5-6H,1-4H3,(H,13,15). The summed E-state index contributed by atoms with van der Waals surface area (Å²) in [6.45, 7) is 3.17. The highest BCUT2D eigenvalue weighted by molar-refractivity contribution is 5.95. The molecule has 0 aliphatic carbocycles. The lowest BCUT2D eigenvalue weighted by atomic mass is 10.1. The van der Waals surface area contributed by atoms with E-state index < -0.39 is 0 Å². The van der Waals surface area contributed by atoms with Crippen LogP contribution in [0.1, 0.15) is 22.8 Å². The second-order valence-corrected chi connectivity index (χ2v) is 3.50. The number of benzene rings is 1. The minimum absolute atomic E-state index is 0.239. The van der Waals surface area contributed by atoms with E-state index in [0.29, 0.717) is 34.6 Å². The maximum atomic E-state index is 11.1. The van der Waals surface area contributed by atoms with Crippen molar-refractivity contribution in [2.45, 2.75) is 13.8 Å². The molecule has 17 heavy (non-hydrogen) atoms. The molecule has 0 saturated heterocycles. The maximum Gasteiger partial charge on any atom is 0.221 e. The summed E-state index contributed by atoms with van der Waals surface area (Å²) in [6, 6.07) is 1.58. The second kappa shape index (κ2) is 5.34. The van der Waals surface area contributed by atoms with Crippen LogP contribution in [-0.2, 0) is 4.79 Å². The van der Waals surface area contributed by atoms with E-state index in [4.69, 9.17) is 9.47 Å². The number of amides is 1. The number of hydrogen-bond acceptors (Lipinski definition) is 4. The molecule has 0 atom stereocenters. The van der Waals surface area contributed by atoms with E-state index in [1.165, 1.54) is 21.1 Å². The molecule has 0 bridgehead atoms. The first-order valence-electron chi connectivity index (χ1n) is 5.03. The van der Waals surface area contributed by atoms with Crippen LogP contribution in [0, 0.1) is 6.92 Å². The fourth-order valence-electron chi connectivity index (χ4n) is 1.60. The first-order valence-corrected chi connectivity index (χ1v) is 5.03. The zero-order valence-corrected chi connectivity index (χ0v) is 10.3. The lowest BCUT2D eigenvalue weighted by Crippen LogP contribution is -2.10. The fourth-order valence-corrected chi connectivity index (χ4v) is 1.60. The lowest BCUT2D eigenvalue weighted by molar-refractivity contribution is -0.114. The average Bonchev–Trinajstić information content (AvgIpc) is 2.30. The van der Waals surface area contributed by atoms with Crippen LogP contribution in [0.2, 0.25) is 0 Å². The maximum absolute atomic E-state index is 11.1. The van der Waals surface area contributed by atoms with E-state index in [2.05, 4.69) is 5.32 Å². The van der Waals surface area contributed by atoms with Crippen LogP contribution in [0.15, 0.2) is 6.07 Å². The predicted molar refractivity (Wildman–Crippen MR) is 64.0 cm³/mol. The molecule has 0 aromatic heterocycles. The topological polar surface area (TPSA) is 64.6 Å². The number of nitrogens with one attached hydrogen (secondary N) is 1. The third kappa shape index (κ3) is 2.55. The van der Waals surface area contributed by atoms with Gasteiger partial charge in [0.1, 0.15) is 5.75 Å². The summed E-state index contributed by atoms with van der Waals surface area (Å²) in [5.74, 6) is 0.627. The van der Waals surface area contributed by atoms with Gasteiger partial charge in [-0.15, -0.1) is 0 Å². The molecule has 1 rings (SSSR count). The molecular formula is C12H15NO4. The number of ether oxygens (including phenoxy) is 2. The van der Waals surface area contributed by atoms with Crippen LogP contribution in [0.3, 0.4) is 0 Å². The van der Waals surface area contributed by atoms with Gasteiger partial charge >= 0.3 is 0 Å². The Morgan fingerprint density at radius 3 is 2.41 bits per heavy atom. The molecule has 1 aromatic rings. The minimum Gasteiger partial charge on any atom is -0.496 e. The smallest absolute Gasteiger partial charge is 0.221 e. The Morgan fingerprint density at radius 1 is 1.35 bits per heavy atom. The van der Waals surface area contributed by atoms with Crippen LogP contribution in [-0.4, -0.2) is 26.4 Å². The highest BCUT2D eigenvalue weighted by Crippen LogP contribution is 2.37. The summed E-state index contributed by atoms with van der Waals surface area (Å²) in [5, 5.41) is 2.64. The summed E-state index contributed by atoms with van der Waals surface area (Å²) >= 11 is 0. The molecule has 5 nitrogen and oxygen atoms in total. The van der Waals surface area contributed by atoms with Gasteiger partial charge in [0.15, 0.2) is 12.0 Å². The van der Waals surface area contributed by atoms with Crippen molar-refractivity contribution in [2.75, 3.05) is 19.5 Å². The zero-order valence-electron chi connectivity index (χ0n) is 10.3. The van der Waals surface area contributed by atoms with Crippen molar-refractivity contribution in [3.63, 3.8) is 0 Å². The number of rotatable bonds is 4. The van der Waals surface area contributed by atoms with E-state index >= 15 is 0 Å². The van der Waals surface area contributed by atoms with Gasteiger partial charge in [-0.1, -0.05) is 0 Å². The number of hydrogen-bond donors (Lipinski definition) is 1. The van der Waals surface area contributed by atoms with Crippen LogP contribution in [0.5, 0.6) is 11.5 Å². The highest BCUT2D eigenvalue weighted by Gasteiger charge is 2.17. The Bertz CT molecular complexity index is 454. The van der Waals surface area contributed by atoms with Gasteiger partial charge in [-0.3, -0.25) is 9.59 Å². The predicted octanol–water partition coefficient (Wildman–Crippen LogP) is 1.78. The number of anilines is 1. The van der Waals surface area contributed by atoms with Crippen LogP contribution in [0.4, 0.5) is 5.69 Å². The SMILES string of the molecule is COc1cc(C=O)c(OC)c(NC(C)=O)c1C. The summed E-state index contributed by atoms with van der Waals surface area (Å²) in [4.78, 5) is 22.1. The Balaban J connectivity index is 3.49. The normalized spacial score (nSPS) is 9.65. The fraction of sp³-hybridized carbons (Fsp3) is 0.333. The third-order valence-corrected chi connectivity index (χ3v) is 2.37. The van der Waals surface area contributed by atoms with Crippen LogP contribution < -0.4 is 14.8 Å². The van der Waals surface area contributed by atoms with E-state index in [9.17, 15) is 9.59 Å². The number of carbonyl (C=O) groups is 2. The molecule has 0 radical (unpaired) electrons. The van der Waals surface area contributed by atoms with Crippen molar-refractivity contribution in [3.05, 3.63) is 17.2 Å². The summed E-state index contributed by atoms with van der Waals surface area (Å²) < 4.78 is 10.3. The Morgan fingerprint density at radius 2 is 2.00 bits per heavy atom.